The molecular weight excluding hydrogens is 440 g/mol. The van der Waals surface area contributed by atoms with Gasteiger partial charge in [0.2, 0.25) is 11.8 Å². The van der Waals surface area contributed by atoms with Crippen LogP contribution < -0.4 is 5.56 Å². The van der Waals surface area contributed by atoms with Gasteiger partial charge in [0, 0.05) is 45.3 Å². The lowest BCUT2D eigenvalue weighted by molar-refractivity contribution is -0.138. The van der Waals surface area contributed by atoms with E-state index in [9.17, 15) is 14.4 Å². The van der Waals surface area contributed by atoms with E-state index in [1.807, 2.05) is 26.0 Å². The summed E-state index contributed by atoms with van der Waals surface area (Å²) in [6.45, 7) is 7.76. The van der Waals surface area contributed by atoms with Crippen LogP contribution in [0, 0.1) is 13.8 Å². The van der Waals surface area contributed by atoms with Crippen LogP contribution in [0.15, 0.2) is 34.3 Å². The van der Waals surface area contributed by atoms with Crippen LogP contribution in [-0.4, -0.2) is 72.9 Å². The highest BCUT2D eigenvalue weighted by atomic mass is 32.2. The first-order valence-electron chi connectivity index (χ1n) is 11.1. The van der Waals surface area contributed by atoms with Crippen molar-refractivity contribution in [1.82, 2.24) is 29.1 Å². The molecule has 1 atom stereocenters. The molecule has 0 aliphatic carbocycles. The molecule has 0 radical (unpaired) electrons. The number of piperazine rings is 1. The van der Waals surface area contributed by atoms with Gasteiger partial charge in [-0.05, 0) is 25.5 Å². The normalized spacial score (nSPS) is 18.1. The van der Waals surface area contributed by atoms with Crippen LogP contribution in [0.5, 0.6) is 0 Å². The number of carbonyl (C=O) groups excluding carboxylic acids is 2. The molecule has 10 heteroatoms. The van der Waals surface area contributed by atoms with Gasteiger partial charge >= 0.3 is 0 Å². The summed E-state index contributed by atoms with van der Waals surface area (Å²) in [6, 6.07) is 5.85. The second-order valence-corrected chi connectivity index (χ2v) is 9.70. The van der Waals surface area contributed by atoms with Crippen LogP contribution in [0.2, 0.25) is 0 Å². The quantitative estimate of drug-likeness (QED) is 0.548. The van der Waals surface area contributed by atoms with Crippen LogP contribution in [0.1, 0.15) is 30.5 Å². The fourth-order valence-corrected chi connectivity index (χ4v) is 5.73. The molecule has 0 N–H and O–H groups in total. The molecule has 9 nitrogen and oxygen atoms in total. The van der Waals surface area contributed by atoms with Gasteiger partial charge in [-0.2, -0.15) is 5.10 Å². The summed E-state index contributed by atoms with van der Waals surface area (Å²) in [6.07, 6.45) is 1.82. The SMILES string of the molecule is CC(=O)N1CCN(C(=O)CC2CSc3nc4c(cnn4-c4ccc(C)cc4C)c(=O)n32)CC1. The molecule has 2 aliphatic rings. The monoisotopic (exact) mass is 466 g/mol. The number of aryl methyl sites for hydroxylation is 2. The van der Waals surface area contributed by atoms with Crippen molar-refractivity contribution in [3.63, 3.8) is 0 Å². The van der Waals surface area contributed by atoms with Crippen LogP contribution in [0.25, 0.3) is 16.7 Å². The number of nitrogens with zero attached hydrogens (tertiary/aromatic N) is 6. The summed E-state index contributed by atoms with van der Waals surface area (Å²) in [4.78, 5) is 46.2. The second-order valence-electron chi connectivity index (χ2n) is 8.71. The maximum Gasteiger partial charge on any atom is 0.265 e. The summed E-state index contributed by atoms with van der Waals surface area (Å²) < 4.78 is 3.38. The molecule has 1 fully saturated rings. The van der Waals surface area contributed by atoms with Crippen molar-refractivity contribution in [3.05, 3.63) is 45.9 Å². The van der Waals surface area contributed by atoms with Crippen molar-refractivity contribution in [3.8, 4) is 5.69 Å². The van der Waals surface area contributed by atoms with Gasteiger partial charge in [-0.3, -0.25) is 19.0 Å². The summed E-state index contributed by atoms with van der Waals surface area (Å²) in [5.41, 5.74) is 3.50. The number of fused-ring (bicyclic) bond motifs is 2. The van der Waals surface area contributed by atoms with Gasteiger partial charge in [0.05, 0.1) is 17.9 Å². The van der Waals surface area contributed by atoms with Crippen molar-refractivity contribution < 1.29 is 9.59 Å². The van der Waals surface area contributed by atoms with Crippen molar-refractivity contribution in [2.24, 2.45) is 0 Å². The van der Waals surface area contributed by atoms with Crippen molar-refractivity contribution in [1.29, 1.82) is 0 Å². The standard InChI is InChI=1S/C23H26N6O3S/c1-14-4-5-19(15(2)10-14)29-21-18(12-24-29)22(32)28-17(13-33-23(28)25-21)11-20(31)27-8-6-26(7-9-27)16(3)30/h4-5,10,12,17H,6-9,11,13H2,1-3H3. The number of benzene rings is 1. The molecule has 2 aromatic heterocycles. The Labute approximate surface area is 195 Å². The first kappa shape index (κ1) is 21.7. The summed E-state index contributed by atoms with van der Waals surface area (Å²) >= 11 is 1.50. The Morgan fingerprint density at radius 1 is 1.12 bits per heavy atom. The van der Waals surface area contributed by atoms with Gasteiger partial charge in [0.15, 0.2) is 10.8 Å². The molecule has 0 bridgehead atoms. The number of hydrogen-bond acceptors (Lipinski definition) is 6. The summed E-state index contributed by atoms with van der Waals surface area (Å²) in [5, 5.41) is 5.54. The fraction of sp³-hybridized carbons (Fsp3) is 0.435. The molecule has 2 aliphatic heterocycles. The Morgan fingerprint density at radius 3 is 2.55 bits per heavy atom. The van der Waals surface area contributed by atoms with Gasteiger partial charge in [-0.15, -0.1) is 0 Å². The Bertz CT molecular complexity index is 1320. The minimum atomic E-state index is -0.239. The molecule has 33 heavy (non-hydrogen) atoms. The molecule has 0 spiro atoms. The fourth-order valence-electron chi connectivity index (χ4n) is 4.60. The van der Waals surface area contributed by atoms with Crippen molar-refractivity contribution in [2.45, 2.75) is 38.4 Å². The number of amides is 2. The largest absolute Gasteiger partial charge is 0.339 e. The predicted molar refractivity (Wildman–Crippen MR) is 126 cm³/mol. The van der Waals surface area contributed by atoms with E-state index in [0.29, 0.717) is 48.1 Å². The third-order valence-corrected chi connectivity index (χ3v) is 7.54. The molecular formula is C23H26N6O3S. The van der Waals surface area contributed by atoms with E-state index in [1.165, 1.54) is 11.8 Å². The molecule has 1 saturated heterocycles. The van der Waals surface area contributed by atoms with Gasteiger partial charge in [-0.1, -0.05) is 29.5 Å². The average molecular weight is 467 g/mol. The van der Waals surface area contributed by atoms with Crippen LogP contribution in [0.4, 0.5) is 0 Å². The maximum absolute atomic E-state index is 13.4. The van der Waals surface area contributed by atoms with E-state index in [2.05, 4.69) is 11.2 Å². The number of hydrogen-bond donors (Lipinski definition) is 0. The van der Waals surface area contributed by atoms with E-state index in [4.69, 9.17) is 4.98 Å². The zero-order chi connectivity index (χ0) is 23.3. The molecule has 5 rings (SSSR count). The highest BCUT2D eigenvalue weighted by Gasteiger charge is 2.32. The van der Waals surface area contributed by atoms with Gasteiger partial charge in [-0.25, -0.2) is 9.67 Å². The molecule has 4 heterocycles. The Hall–Kier alpha value is -3.14. The Morgan fingerprint density at radius 2 is 1.85 bits per heavy atom. The molecule has 1 aromatic carbocycles. The highest BCUT2D eigenvalue weighted by molar-refractivity contribution is 7.99. The number of aromatic nitrogens is 4. The van der Waals surface area contributed by atoms with Crippen LogP contribution >= 0.6 is 11.8 Å². The number of carbonyl (C=O) groups is 2. The molecule has 3 aromatic rings. The zero-order valence-electron chi connectivity index (χ0n) is 18.9. The van der Waals surface area contributed by atoms with Crippen LogP contribution in [-0.2, 0) is 9.59 Å². The first-order chi connectivity index (χ1) is 15.8. The van der Waals surface area contributed by atoms with Gasteiger partial charge in [0.1, 0.15) is 5.39 Å². The summed E-state index contributed by atoms with van der Waals surface area (Å²) in [7, 11) is 0. The van der Waals surface area contributed by atoms with E-state index in [1.54, 1.807) is 32.2 Å². The lowest BCUT2D eigenvalue weighted by Gasteiger charge is -2.34. The number of thioether (sulfide) groups is 1. The van der Waals surface area contributed by atoms with E-state index in [-0.39, 0.29) is 29.8 Å². The molecule has 0 saturated carbocycles. The smallest absolute Gasteiger partial charge is 0.265 e. The van der Waals surface area contributed by atoms with Crippen molar-refractivity contribution >= 4 is 34.6 Å². The van der Waals surface area contributed by atoms with Gasteiger partial charge < -0.3 is 9.80 Å². The number of rotatable bonds is 3. The lowest BCUT2D eigenvalue weighted by Crippen LogP contribution is -2.50. The van der Waals surface area contributed by atoms with E-state index >= 15 is 0 Å². The zero-order valence-corrected chi connectivity index (χ0v) is 19.8. The topological polar surface area (TPSA) is 93.3 Å². The third kappa shape index (κ3) is 3.82. The van der Waals surface area contributed by atoms with E-state index in [0.717, 1.165) is 16.8 Å². The highest BCUT2D eigenvalue weighted by Crippen LogP contribution is 2.34. The second kappa shape index (κ2) is 8.33. The maximum atomic E-state index is 13.4. The Kier molecular flexibility index (Phi) is 5.48. The minimum Gasteiger partial charge on any atom is -0.339 e. The van der Waals surface area contributed by atoms with Crippen molar-refractivity contribution in [2.75, 3.05) is 31.9 Å². The Balaban J connectivity index is 1.41. The summed E-state index contributed by atoms with van der Waals surface area (Å²) in [5.74, 6) is 0.672. The van der Waals surface area contributed by atoms with Gasteiger partial charge in [0.25, 0.3) is 5.56 Å². The first-order valence-corrected chi connectivity index (χ1v) is 12.1. The molecule has 2 amide bonds. The lowest BCUT2D eigenvalue weighted by atomic mass is 10.1. The minimum absolute atomic E-state index is 0.00891. The van der Waals surface area contributed by atoms with Crippen LogP contribution in [0.3, 0.4) is 0 Å². The predicted octanol–water partition coefficient (Wildman–Crippen LogP) is 1.93. The molecule has 1 unspecified atom stereocenters. The van der Waals surface area contributed by atoms with E-state index < -0.39 is 0 Å². The average Bonchev–Trinajstić information content (AvgIpc) is 3.39. The third-order valence-electron chi connectivity index (χ3n) is 6.44. The molecule has 172 valence electrons.